The zero-order valence-electron chi connectivity index (χ0n) is 17.2. The minimum atomic E-state index is -2.66. The van der Waals surface area contributed by atoms with Crippen molar-refractivity contribution >= 4 is 29.2 Å². The number of likely N-dealkylation sites (N-methyl/N-ethyl adjacent to an activating group) is 1. The first-order valence-electron chi connectivity index (χ1n) is 9.51. The van der Waals surface area contributed by atoms with Crippen LogP contribution >= 0.6 is 11.7 Å². The number of hydrogen-bond acceptors (Lipinski definition) is 9. The van der Waals surface area contributed by atoms with E-state index in [0.29, 0.717) is 18.0 Å². The van der Waals surface area contributed by atoms with Gasteiger partial charge in [0.15, 0.2) is 12.2 Å². The first kappa shape index (κ1) is 26.8. The molecule has 2 rings (SSSR count). The topological polar surface area (TPSA) is 153 Å². The van der Waals surface area contributed by atoms with Crippen molar-refractivity contribution < 1.29 is 43.5 Å². The number of rotatable bonds is 10. The molecule has 0 saturated heterocycles. The van der Waals surface area contributed by atoms with Crippen LogP contribution in [0.25, 0.3) is 5.57 Å². The van der Waals surface area contributed by atoms with Crippen LogP contribution in [0.2, 0.25) is 0 Å². The molecular weight excluding hydrogens is 440 g/mol. The van der Waals surface area contributed by atoms with Gasteiger partial charge in [0.05, 0.1) is 18.3 Å². The number of aromatic nitrogens is 2. The summed E-state index contributed by atoms with van der Waals surface area (Å²) in [6.45, 7) is 3.52. The van der Waals surface area contributed by atoms with Crippen LogP contribution in [0.3, 0.4) is 0 Å². The van der Waals surface area contributed by atoms with E-state index < -0.39 is 30.1 Å². The summed E-state index contributed by atoms with van der Waals surface area (Å²) in [5.74, 6) is -5.82. The molecule has 2 unspecified atom stereocenters. The van der Waals surface area contributed by atoms with E-state index in [1.807, 2.05) is 7.05 Å². The van der Waals surface area contributed by atoms with Gasteiger partial charge in [0.2, 0.25) is 0 Å². The highest BCUT2D eigenvalue weighted by Crippen LogP contribution is 2.29. The van der Waals surface area contributed by atoms with E-state index in [-0.39, 0.29) is 19.4 Å². The van der Waals surface area contributed by atoms with Crippen molar-refractivity contribution in [1.82, 2.24) is 13.6 Å². The van der Waals surface area contributed by atoms with Crippen molar-refractivity contribution in [1.29, 1.82) is 0 Å². The minimum absolute atomic E-state index is 0.0332. The zero-order valence-corrected chi connectivity index (χ0v) is 18.0. The van der Waals surface area contributed by atoms with Crippen LogP contribution in [-0.4, -0.2) is 90.9 Å². The molecule has 31 heavy (non-hydrogen) atoms. The second-order valence-corrected chi connectivity index (χ2v) is 7.47. The van der Waals surface area contributed by atoms with Gasteiger partial charge in [0, 0.05) is 25.9 Å². The van der Waals surface area contributed by atoms with Gasteiger partial charge in [-0.05, 0) is 19.0 Å². The molecule has 0 fully saturated rings. The highest BCUT2D eigenvalue weighted by molar-refractivity contribution is 6.99. The van der Waals surface area contributed by atoms with Gasteiger partial charge < -0.3 is 30.1 Å². The van der Waals surface area contributed by atoms with Gasteiger partial charge >= 0.3 is 11.9 Å². The first-order valence-corrected chi connectivity index (χ1v) is 10.2. The average Bonchev–Trinajstić information content (AvgIpc) is 3.15. The molecule has 2 heterocycles. The maximum absolute atomic E-state index is 13.4. The van der Waals surface area contributed by atoms with Crippen LogP contribution in [-0.2, 0) is 9.59 Å². The Morgan fingerprint density at radius 3 is 2.35 bits per heavy atom. The molecule has 0 bridgehead atoms. The van der Waals surface area contributed by atoms with E-state index in [9.17, 15) is 18.4 Å². The molecule has 176 valence electrons. The van der Waals surface area contributed by atoms with Crippen molar-refractivity contribution in [2.75, 3.05) is 26.7 Å². The van der Waals surface area contributed by atoms with Crippen LogP contribution in [0.5, 0.6) is 5.88 Å². The highest BCUT2D eigenvalue weighted by atomic mass is 32.1. The van der Waals surface area contributed by atoms with E-state index in [2.05, 4.69) is 19.7 Å². The van der Waals surface area contributed by atoms with Gasteiger partial charge in [0.1, 0.15) is 5.69 Å². The number of aliphatic hydroxyl groups excluding tert-OH is 2. The van der Waals surface area contributed by atoms with Crippen molar-refractivity contribution in [2.24, 2.45) is 0 Å². The maximum atomic E-state index is 13.4. The van der Waals surface area contributed by atoms with Gasteiger partial charge in [-0.25, -0.2) is 18.4 Å². The Labute approximate surface area is 182 Å². The Kier molecular flexibility index (Phi) is 10.9. The number of ether oxygens (including phenoxy) is 1. The molecule has 0 amide bonds. The Bertz CT molecular complexity index is 742. The average molecular weight is 467 g/mol. The molecule has 1 aromatic heterocycles. The van der Waals surface area contributed by atoms with Crippen LogP contribution in [0.1, 0.15) is 38.3 Å². The molecule has 0 radical (unpaired) electrons. The SMILES string of the molecule is CCCC(F)(F)CCOc1nsnc1C1=CCCN(C)C1.O=C(O)C(O)C(O)C(=O)O. The number of carboxylic acids is 2. The van der Waals surface area contributed by atoms with Crippen LogP contribution in [0.15, 0.2) is 6.08 Å². The molecule has 1 aliphatic heterocycles. The number of alkyl halides is 2. The summed E-state index contributed by atoms with van der Waals surface area (Å²) in [4.78, 5) is 21.7. The molecule has 10 nitrogen and oxygen atoms in total. The fourth-order valence-corrected chi connectivity index (χ4v) is 3.13. The number of aliphatic carboxylic acids is 2. The van der Waals surface area contributed by atoms with Gasteiger partial charge in [-0.15, -0.1) is 4.37 Å². The van der Waals surface area contributed by atoms with Crippen molar-refractivity contribution in [3.63, 3.8) is 0 Å². The fraction of sp³-hybridized carbons (Fsp3) is 0.667. The lowest BCUT2D eigenvalue weighted by Crippen LogP contribution is -2.39. The van der Waals surface area contributed by atoms with E-state index in [1.54, 1.807) is 6.92 Å². The summed E-state index contributed by atoms with van der Waals surface area (Å²) in [7, 11) is 2.04. The maximum Gasteiger partial charge on any atom is 0.335 e. The number of nitrogens with zero attached hydrogens (tertiary/aromatic N) is 3. The van der Waals surface area contributed by atoms with E-state index >= 15 is 0 Å². The molecule has 2 atom stereocenters. The molecule has 0 aliphatic carbocycles. The number of carboxylic acid groups (broad SMARTS) is 2. The summed E-state index contributed by atoms with van der Waals surface area (Å²) in [6.07, 6.45) is -1.37. The summed E-state index contributed by atoms with van der Waals surface area (Å²) in [6, 6.07) is 0. The third-order valence-corrected chi connectivity index (χ3v) is 4.74. The number of aliphatic hydroxyl groups is 2. The van der Waals surface area contributed by atoms with Gasteiger partial charge in [-0.1, -0.05) is 19.4 Å². The molecule has 1 aromatic rings. The smallest absolute Gasteiger partial charge is 0.335 e. The van der Waals surface area contributed by atoms with Crippen molar-refractivity contribution in [3.8, 4) is 5.88 Å². The number of hydrogen-bond donors (Lipinski definition) is 4. The van der Waals surface area contributed by atoms with Crippen LogP contribution < -0.4 is 4.74 Å². The lowest BCUT2D eigenvalue weighted by molar-refractivity contribution is -0.165. The Morgan fingerprint density at radius 2 is 1.84 bits per heavy atom. The molecule has 0 spiro atoms. The Morgan fingerprint density at radius 1 is 1.23 bits per heavy atom. The van der Waals surface area contributed by atoms with Crippen LogP contribution in [0, 0.1) is 0 Å². The zero-order chi connectivity index (χ0) is 23.6. The molecular formula is C18H27F2N3O7S. The summed E-state index contributed by atoms with van der Waals surface area (Å²) < 4.78 is 40.6. The van der Waals surface area contributed by atoms with E-state index in [0.717, 1.165) is 36.8 Å². The molecule has 0 aromatic carbocycles. The molecule has 4 N–H and O–H groups in total. The van der Waals surface area contributed by atoms with Crippen molar-refractivity contribution in [2.45, 2.75) is 50.7 Å². The first-order chi connectivity index (χ1) is 14.5. The van der Waals surface area contributed by atoms with Gasteiger partial charge in [-0.2, -0.15) is 4.37 Å². The summed E-state index contributed by atoms with van der Waals surface area (Å²) in [5.41, 5.74) is 1.76. The predicted molar refractivity (Wildman–Crippen MR) is 107 cm³/mol. The van der Waals surface area contributed by atoms with E-state index in [1.165, 1.54) is 0 Å². The minimum Gasteiger partial charge on any atom is -0.479 e. The van der Waals surface area contributed by atoms with Gasteiger partial charge in [0.25, 0.3) is 11.8 Å². The normalized spacial score (nSPS) is 16.5. The Hall–Kier alpha value is -2.22. The van der Waals surface area contributed by atoms with Crippen molar-refractivity contribution in [3.05, 3.63) is 11.8 Å². The lowest BCUT2D eigenvalue weighted by Gasteiger charge is -2.22. The van der Waals surface area contributed by atoms with E-state index in [4.69, 9.17) is 25.2 Å². The molecule has 13 heteroatoms. The second kappa shape index (κ2) is 12.6. The molecule has 0 saturated carbocycles. The predicted octanol–water partition coefficient (Wildman–Crippen LogP) is 1.34. The standard InChI is InChI=1S/C14H21F2N3OS.C4H6O6/c1-3-6-14(15,16)7-9-20-13-12(17-21-18-13)11-5-4-8-19(2)10-11;5-1(3(7)8)2(6)4(9)10/h5H,3-4,6-10H2,1-2H3;1-2,5-6H,(H,7,8)(H,9,10). The van der Waals surface area contributed by atoms with Crippen LogP contribution in [0.4, 0.5) is 8.78 Å². The monoisotopic (exact) mass is 467 g/mol. The lowest BCUT2D eigenvalue weighted by atomic mass is 10.1. The quantitative estimate of drug-likeness (QED) is 0.396. The summed E-state index contributed by atoms with van der Waals surface area (Å²) >= 11 is 1.06. The number of halogens is 2. The largest absolute Gasteiger partial charge is 0.479 e. The highest BCUT2D eigenvalue weighted by Gasteiger charge is 2.29. The molecule has 1 aliphatic rings. The van der Waals surface area contributed by atoms with Gasteiger partial charge in [-0.3, -0.25) is 0 Å². The Balaban J connectivity index is 0.000000407. The summed E-state index contributed by atoms with van der Waals surface area (Å²) in [5, 5.41) is 32.5. The number of carbonyl (C=O) groups is 2. The fourth-order valence-electron chi connectivity index (χ4n) is 2.59. The third-order valence-electron chi connectivity index (χ3n) is 4.23. The third kappa shape index (κ3) is 9.21. The second-order valence-electron chi connectivity index (χ2n) is 6.94.